The van der Waals surface area contributed by atoms with Crippen LogP contribution < -0.4 is 4.74 Å². The van der Waals surface area contributed by atoms with Crippen LogP contribution in [-0.4, -0.2) is 48.8 Å². The van der Waals surface area contributed by atoms with Crippen molar-refractivity contribution in [2.75, 3.05) is 20.8 Å². The zero-order valence-corrected chi connectivity index (χ0v) is 27.8. The maximum atomic E-state index is 13.6. The van der Waals surface area contributed by atoms with Crippen LogP contribution in [0.25, 0.3) is 16.8 Å². The van der Waals surface area contributed by atoms with E-state index in [0.717, 1.165) is 34.3 Å². The van der Waals surface area contributed by atoms with Crippen LogP contribution in [0, 0.1) is 12.3 Å². The number of allylic oxidation sites excluding steroid dienone is 1. The predicted octanol–water partition coefficient (Wildman–Crippen LogP) is 9.44. The lowest BCUT2D eigenvalue weighted by atomic mass is 9.72. The number of esters is 1. The summed E-state index contributed by atoms with van der Waals surface area (Å²) in [6, 6.07) is 7.38. The van der Waals surface area contributed by atoms with Gasteiger partial charge in [-0.05, 0) is 97.2 Å². The Balaban J connectivity index is 1.54. The van der Waals surface area contributed by atoms with Gasteiger partial charge in [-0.3, -0.25) is 9.88 Å². The van der Waals surface area contributed by atoms with Gasteiger partial charge in [-0.15, -0.1) is 0 Å². The molecule has 2 atom stereocenters. The minimum absolute atomic E-state index is 0.0357. The van der Waals surface area contributed by atoms with Crippen molar-refractivity contribution < 1.29 is 50.1 Å². The third kappa shape index (κ3) is 7.40. The molecular weight excluding hydrogens is 654 g/mol. The van der Waals surface area contributed by atoms with Gasteiger partial charge in [0, 0.05) is 17.7 Å². The summed E-state index contributed by atoms with van der Waals surface area (Å²) in [5, 5.41) is 0. The monoisotopic (exact) mass is 690 g/mol. The van der Waals surface area contributed by atoms with Crippen LogP contribution >= 0.6 is 0 Å². The van der Waals surface area contributed by atoms with Crippen molar-refractivity contribution in [2.45, 2.75) is 71.5 Å². The molecule has 1 fully saturated rings. The Morgan fingerprint density at radius 1 is 1.00 bits per heavy atom. The van der Waals surface area contributed by atoms with Crippen LogP contribution in [0.2, 0.25) is 0 Å². The van der Waals surface area contributed by atoms with E-state index in [-0.39, 0.29) is 18.0 Å². The van der Waals surface area contributed by atoms with Crippen molar-refractivity contribution in [2.24, 2.45) is 5.41 Å². The number of benzene rings is 2. The molecule has 0 saturated carbocycles. The third-order valence-corrected chi connectivity index (χ3v) is 9.20. The fourth-order valence-electron chi connectivity index (χ4n) is 6.58. The number of hydrogen-bond acceptors (Lipinski definition) is 6. The van der Waals surface area contributed by atoms with Crippen molar-refractivity contribution in [3.05, 3.63) is 87.6 Å². The molecule has 13 heteroatoms. The summed E-state index contributed by atoms with van der Waals surface area (Å²) in [6.07, 6.45) is -8.75. The van der Waals surface area contributed by atoms with Crippen molar-refractivity contribution >= 4 is 17.6 Å². The number of methoxy groups -OCH3 is 2. The molecule has 0 N–H and O–H groups in total. The van der Waals surface area contributed by atoms with E-state index in [1.807, 2.05) is 13.0 Å². The van der Waals surface area contributed by atoms with Crippen molar-refractivity contribution in [1.82, 2.24) is 9.88 Å². The van der Waals surface area contributed by atoms with E-state index in [1.54, 1.807) is 31.3 Å². The molecule has 1 saturated heterocycles. The summed E-state index contributed by atoms with van der Waals surface area (Å²) in [5.74, 6) is 0.0155. The molecule has 2 aromatic carbocycles. The topological polar surface area (TPSA) is 78.0 Å². The van der Waals surface area contributed by atoms with Crippen molar-refractivity contribution in [1.29, 1.82) is 0 Å². The summed E-state index contributed by atoms with van der Waals surface area (Å²) in [4.78, 5) is 31.3. The molecule has 262 valence electrons. The van der Waals surface area contributed by atoms with E-state index in [0.29, 0.717) is 42.0 Å². The highest BCUT2D eigenvalue weighted by Gasteiger charge is 2.44. The van der Waals surface area contributed by atoms with E-state index in [4.69, 9.17) is 14.2 Å². The van der Waals surface area contributed by atoms with E-state index in [1.165, 1.54) is 19.1 Å². The number of ether oxygens (including phenoxy) is 3. The van der Waals surface area contributed by atoms with Crippen LogP contribution in [0.1, 0.15) is 84.3 Å². The first-order valence-corrected chi connectivity index (χ1v) is 15.5. The Labute approximate surface area is 279 Å². The Hall–Kier alpha value is -4.55. The summed E-state index contributed by atoms with van der Waals surface area (Å²) >= 11 is 0. The Kier molecular flexibility index (Phi) is 9.52. The van der Waals surface area contributed by atoms with Crippen molar-refractivity contribution in [3.63, 3.8) is 0 Å². The first-order valence-electron chi connectivity index (χ1n) is 15.5. The van der Waals surface area contributed by atoms with Crippen LogP contribution in [0.5, 0.6) is 5.75 Å². The lowest BCUT2D eigenvalue weighted by molar-refractivity contribution is -0.143. The second-order valence-electron chi connectivity index (χ2n) is 13.2. The van der Waals surface area contributed by atoms with Crippen molar-refractivity contribution in [3.8, 4) is 17.0 Å². The molecule has 0 spiro atoms. The quantitative estimate of drug-likeness (QED) is 0.182. The number of rotatable bonds is 7. The molecule has 5 rings (SSSR count). The minimum Gasteiger partial charge on any atom is -0.495 e. The summed E-state index contributed by atoms with van der Waals surface area (Å²) < 4.78 is 97.7. The molecule has 3 aromatic rings. The zero-order chi connectivity index (χ0) is 36.1. The van der Waals surface area contributed by atoms with Gasteiger partial charge in [-0.25, -0.2) is 9.59 Å². The third-order valence-electron chi connectivity index (χ3n) is 9.20. The SMILES string of the molecule is COC(=O)c1ccc(-c2cc(C3=C(CN4C(=O)O[C@H](c5cc(C(F)(F)F)cc(C(F)(F)F)c5)[C@@H]4C)CC(C)(C)CC3)c(OC)cn2)c(C)c1. The highest BCUT2D eigenvalue weighted by Crippen LogP contribution is 2.47. The number of carbonyl (C=O) groups is 2. The van der Waals surface area contributed by atoms with E-state index in [9.17, 15) is 35.9 Å². The smallest absolute Gasteiger partial charge is 0.416 e. The number of carbonyl (C=O) groups excluding carboxylic acids is 2. The molecule has 7 nitrogen and oxygen atoms in total. The number of halogens is 6. The number of cyclic esters (lactones) is 1. The molecule has 49 heavy (non-hydrogen) atoms. The molecule has 0 radical (unpaired) electrons. The Bertz CT molecular complexity index is 1780. The number of aryl methyl sites for hydroxylation is 1. The summed E-state index contributed by atoms with van der Waals surface area (Å²) in [7, 11) is 2.82. The number of alkyl halides is 6. The van der Waals surface area contributed by atoms with Crippen LogP contribution in [0.15, 0.2) is 54.2 Å². The molecule has 1 aliphatic heterocycles. The first kappa shape index (κ1) is 35.7. The fraction of sp³-hybridized carbons (Fsp3) is 0.417. The van der Waals surface area contributed by atoms with Gasteiger partial charge >= 0.3 is 24.4 Å². The van der Waals surface area contributed by atoms with Gasteiger partial charge in [-0.2, -0.15) is 26.3 Å². The Morgan fingerprint density at radius 3 is 2.22 bits per heavy atom. The Morgan fingerprint density at radius 2 is 1.65 bits per heavy atom. The molecule has 2 aliphatic rings. The number of nitrogens with zero attached hydrogens (tertiary/aromatic N) is 2. The molecule has 1 amide bonds. The zero-order valence-electron chi connectivity index (χ0n) is 27.8. The summed E-state index contributed by atoms with van der Waals surface area (Å²) in [6.45, 7) is 7.60. The molecule has 0 bridgehead atoms. The second kappa shape index (κ2) is 13.1. The highest BCUT2D eigenvalue weighted by molar-refractivity contribution is 5.90. The molecule has 2 heterocycles. The molecule has 0 unspecified atom stereocenters. The van der Waals surface area contributed by atoms with Gasteiger partial charge in [0.1, 0.15) is 11.9 Å². The van der Waals surface area contributed by atoms with E-state index < -0.39 is 53.3 Å². The van der Waals surface area contributed by atoms with Gasteiger partial charge < -0.3 is 14.2 Å². The van der Waals surface area contributed by atoms with Gasteiger partial charge in [0.25, 0.3) is 0 Å². The van der Waals surface area contributed by atoms with Gasteiger partial charge in [0.2, 0.25) is 0 Å². The fourth-order valence-corrected chi connectivity index (χ4v) is 6.58. The molecular formula is C36H36F6N2O5. The van der Waals surface area contributed by atoms with Crippen LogP contribution in [0.4, 0.5) is 31.1 Å². The average Bonchev–Trinajstić information content (AvgIpc) is 3.31. The van der Waals surface area contributed by atoms with Crippen LogP contribution in [-0.2, 0) is 21.8 Å². The van der Waals surface area contributed by atoms with E-state index in [2.05, 4.69) is 18.8 Å². The lowest BCUT2D eigenvalue weighted by Crippen LogP contribution is -2.35. The maximum absolute atomic E-state index is 13.6. The first-order chi connectivity index (χ1) is 22.8. The minimum atomic E-state index is -5.04. The van der Waals surface area contributed by atoms with Gasteiger partial charge in [0.05, 0.1) is 48.8 Å². The maximum Gasteiger partial charge on any atom is 0.416 e. The summed E-state index contributed by atoms with van der Waals surface area (Å²) in [5.41, 5.74) is 1.53. The number of hydrogen-bond donors (Lipinski definition) is 0. The predicted molar refractivity (Wildman–Crippen MR) is 169 cm³/mol. The van der Waals surface area contributed by atoms with E-state index >= 15 is 0 Å². The number of aromatic nitrogens is 1. The molecule has 1 aliphatic carbocycles. The standard InChI is InChI=1S/C36H36F6N2O5/c1-19-11-21(32(45)48-6)7-8-26(19)29-15-28(30(47-5)17-43-29)27-9-10-34(3,4)16-23(27)18-44-20(2)31(49-33(44)46)22-12-24(35(37,38)39)14-25(13-22)36(40,41)42/h7-8,11-15,17,20,31H,9-10,16,18H2,1-6H3/t20-,31-/m0/s1. The lowest BCUT2D eigenvalue weighted by Gasteiger charge is -2.36. The van der Waals surface area contributed by atoms with Gasteiger partial charge in [0.15, 0.2) is 0 Å². The second-order valence-corrected chi connectivity index (χ2v) is 13.2. The molecule has 1 aromatic heterocycles. The van der Waals surface area contributed by atoms with Crippen LogP contribution in [0.3, 0.4) is 0 Å². The normalized spacial score (nSPS) is 19.6. The van der Waals surface area contributed by atoms with Gasteiger partial charge in [-0.1, -0.05) is 19.9 Å². The number of amides is 1. The number of pyridine rings is 1. The highest BCUT2D eigenvalue weighted by atomic mass is 19.4. The largest absolute Gasteiger partial charge is 0.495 e. The average molecular weight is 691 g/mol.